The molecule has 0 aromatic carbocycles. The summed E-state index contributed by atoms with van der Waals surface area (Å²) in [5.41, 5.74) is 0. The highest BCUT2D eigenvalue weighted by Gasteiger charge is 2.64. The quantitative estimate of drug-likeness (QED) is 0.345. The molecule has 0 spiro atoms. The van der Waals surface area contributed by atoms with E-state index in [1.54, 1.807) is 0 Å². The Morgan fingerprint density at radius 3 is 1.41 bits per heavy atom. The van der Waals surface area contributed by atoms with E-state index in [-0.39, 0.29) is 25.7 Å². The van der Waals surface area contributed by atoms with Gasteiger partial charge in [-0.3, -0.25) is 4.55 Å². The van der Waals surface area contributed by atoms with Crippen LogP contribution in [-0.4, -0.2) is 30.3 Å². The predicted octanol–water partition coefficient (Wildman–Crippen LogP) is 4.79. The molecule has 0 radical (unpaired) electrons. The number of alkyl halides is 7. The third-order valence-corrected chi connectivity index (χ3v) is 3.90. The van der Waals surface area contributed by atoms with E-state index in [2.05, 4.69) is 0 Å². The number of hydrogen-bond donors (Lipinski definition) is 1. The summed E-state index contributed by atoms with van der Waals surface area (Å²) in [6, 6.07) is 0. The van der Waals surface area contributed by atoms with Gasteiger partial charge in [0, 0.05) is 12.8 Å². The van der Waals surface area contributed by atoms with E-state index in [0.29, 0.717) is 6.42 Å². The molecule has 0 rings (SSSR count). The van der Waals surface area contributed by atoms with E-state index in [4.69, 9.17) is 4.55 Å². The fraction of sp³-hybridized carbons (Fsp3) is 1.00. The molecule has 0 aliphatic rings. The summed E-state index contributed by atoms with van der Waals surface area (Å²) in [5, 5.41) is -5.56. The van der Waals surface area contributed by atoms with Gasteiger partial charge in [-0.25, -0.2) is 0 Å². The minimum Gasteiger partial charge on any atom is -0.281 e. The van der Waals surface area contributed by atoms with E-state index >= 15 is 0 Å². The van der Waals surface area contributed by atoms with Crippen LogP contribution in [0.25, 0.3) is 0 Å². The smallest absolute Gasteiger partial charge is 0.281 e. The Morgan fingerprint density at radius 1 is 0.682 bits per heavy atom. The lowest BCUT2D eigenvalue weighted by molar-refractivity contribution is -0.164. The van der Waals surface area contributed by atoms with Crippen molar-refractivity contribution in [2.45, 2.75) is 68.7 Å². The molecule has 11 heteroatoms. The summed E-state index contributed by atoms with van der Waals surface area (Å²) >= 11 is 0. The second-order valence-electron chi connectivity index (χ2n) is 4.93. The maximum Gasteiger partial charge on any atom is 0.431 e. The molecule has 1 N–H and O–H groups in total. The lowest BCUT2D eigenvalue weighted by Gasteiger charge is -2.23. The largest absolute Gasteiger partial charge is 0.431 e. The zero-order valence-electron chi connectivity index (χ0n) is 11.5. The summed E-state index contributed by atoms with van der Waals surface area (Å²) in [4.78, 5) is 0. The van der Waals surface area contributed by atoms with Gasteiger partial charge in [-0.2, -0.15) is 39.2 Å². The van der Waals surface area contributed by atoms with Crippen LogP contribution in [-0.2, 0) is 10.1 Å². The SMILES string of the molecule is O=S(=O)(O)C(F)(F)C(F)(F)CCCCCCCCC(F)(F)F. The van der Waals surface area contributed by atoms with Crippen molar-refractivity contribution in [3.05, 3.63) is 0 Å². The van der Waals surface area contributed by atoms with E-state index in [1.165, 1.54) is 0 Å². The molecule has 134 valence electrons. The summed E-state index contributed by atoms with van der Waals surface area (Å²) in [6.07, 6.45) is -6.28. The first kappa shape index (κ1) is 21.4. The highest BCUT2D eigenvalue weighted by Crippen LogP contribution is 2.41. The van der Waals surface area contributed by atoms with Crippen LogP contribution in [0, 0.1) is 0 Å². The molecule has 0 heterocycles. The lowest BCUT2D eigenvalue weighted by Crippen LogP contribution is -2.46. The molecule has 0 bridgehead atoms. The van der Waals surface area contributed by atoms with Crippen molar-refractivity contribution in [1.29, 1.82) is 0 Å². The molecule has 0 amide bonds. The maximum atomic E-state index is 13.0. The van der Waals surface area contributed by atoms with Crippen LogP contribution in [0.15, 0.2) is 0 Å². The summed E-state index contributed by atoms with van der Waals surface area (Å²) in [5.74, 6) is -4.91. The molecule has 0 aliphatic carbocycles. The fourth-order valence-corrected chi connectivity index (χ4v) is 2.19. The van der Waals surface area contributed by atoms with Crippen molar-refractivity contribution < 1.29 is 43.7 Å². The Kier molecular flexibility index (Phi) is 7.60. The molecule has 0 aromatic heterocycles. The third-order valence-electron chi connectivity index (χ3n) is 2.95. The number of hydrogen-bond acceptors (Lipinski definition) is 2. The normalized spacial score (nSPS) is 14.4. The number of rotatable bonds is 10. The van der Waals surface area contributed by atoms with E-state index < -0.39 is 46.7 Å². The van der Waals surface area contributed by atoms with Gasteiger partial charge in [0.1, 0.15) is 0 Å². The highest BCUT2D eigenvalue weighted by atomic mass is 32.2. The van der Waals surface area contributed by atoms with Crippen molar-refractivity contribution in [1.82, 2.24) is 0 Å². The van der Waals surface area contributed by atoms with Crippen LogP contribution < -0.4 is 0 Å². The Hall–Kier alpha value is -0.580. The van der Waals surface area contributed by atoms with Gasteiger partial charge in [-0.15, -0.1) is 0 Å². The Bertz CT molecular complexity index is 431. The molecule has 22 heavy (non-hydrogen) atoms. The molecule has 0 aliphatic heterocycles. The van der Waals surface area contributed by atoms with Gasteiger partial charge in [-0.05, 0) is 12.8 Å². The average Bonchev–Trinajstić information content (AvgIpc) is 2.29. The Labute approximate surface area is 123 Å². The van der Waals surface area contributed by atoms with Crippen LogP contribution in [0.2, 0.25) is 0 Å². The third kappa shape index (κ3) is 7.12. The second kappa shape index (κ2) is 7.80. The van der Waals surface area contributed by atoms with Crippen molar-refractivity contribution in [2.24, 2.45) is 0 Å². The van der Waals surface area contributed by atoms with Crippen LogP contribution in [0.1, 0.15) is 51.4 Å². The van der Waals surface area contributed by atoms with Gasteiger partial charge in [0.05, 0.1) is 0 Å². The van der Waals surface area contributed by atoms with E-state index in [0.717, 1.165) is 0 Å². The first-order valence-electron chi connectivity index (χ1n) is 6.50. The van der Waals surface area contributed by atoms with Gasteiger partial charge in [0.25, 0.3) is 0 Å². The zero-order chi connectivity index (χ0) is 17.7. The highest BCUT2D eigenvalue weighted by molar-refractivity contribution is 7.87. The summed E-state index contributed by atoms with van der Waals surface area (Å²) in [7, 11) is -6.22. The van der Waals surface area contributed by atoms with Crippen molar-refractivity contribution in [3.63, 3.8) is 0 Å². The molecule has 3 nitrogen and oxygen atoms in total. The summed E-state index contributed by atoms with van der Waals surface area (Å²) < 4.78 is 116. The topological polar surface area (TPSA) is 54.4 Å². The Morgan fingerprint density at radius 2 is 1.05 bits per heavy atom. The second-order valence-corrected chi connectivity index (χ2v) is 6.40. The first-order chi connectivity index (χ1) is 9.71. The average molecular weight is 362 g/mol. The molecular formula is C11H17F7O3S. The van der Waals surface area contributed by atoms with Crippen LogP contribution in [0.4, 0.5) is 30.7 Å². The van der Waals surface area contributed by atoms with Crippen molar-refractivity contribution in [2.75, 3.05) is 0 Å². The maximum absolute atomic E-state index is 13.0. The first-order valence-corrected chi connectivity index (χ1v) is 7.94. The van der Waals surface area contributed by atoms with Gasteiger partial charge in [0.15, 0.2) is 0 Å². The Balaban J connectivity index is 3.97. The zero-order valence-corrected chi connectivity index (χ0v) is 12.3. The van der Waals surface area contributed by atoms with Gasteiger partial charge in [-0.1, -0.05) is 25.7 Å². The molecule has 0 fully saturated rings. The number of unbranched alkanes of at least 4 members (excludes halogenated alkanes) is 5. The van der Waals surface area contributed by atoms with Crippen molar-refractivity contribution in [3.8, 4) is 0 Å². The van der Waals surface area contributed by atoms with Gasteiger partial charge in [0.2, 0.25) is 0 Å². The predicted molar refractivity (Wildman–Crippen MR) is 64.4 cm³/mol. The molecule has 0 unspecified atom stereocenters. The van der Waals surface area contributed by atoms with Crippen LogP contribution >= 0.6 is 0 Å². The minimum absolute atomic E-state index is 0.0448. The van der Waals surface area contributed by atoms with Gasteiger partial charge >= 0.3 is 27.5 Å². The van der Waals surface area contributed by atoms with Crippen LogP contribution in [0.5, 0.6) is 0 Å². The van der Waals surface area contributed by atoms with E-state index in [9.17, 15) is 39.2 Å². The molecule has 0 atom stereocenters. The van der Waals surface area contributed by atoms with Crippen molar-refractivity contribution >= 4 is 10.1 Å². The summed E-state index contributed by atoms with van der Waals surface area (Å²) in [6.45, 7) is 0. The molecular weight excluding hydrogens is 345 g/mol. The van der Waals surface area contributed by atoms with Gasteiger partial charge < -0.3 is 0 Å². The monoisotopic (exact) mass is 362 g/mol. The van der Waals surface area contributed by atoms with Crippen LogP contribution in [0.3, 0.4) is 0 Å². The number of halogens is 7. The molecule has 0 saturated carbocycles. The minimum atomic E-state index is -6.22. The molecule has 0 saturated heterocycles. The van der Waals surface area contributed by atoms with E-state index in [1.807, 2.05) is 0 Å². The fourth-order valence-electron chi connectivity index (χ4n) is 1.71. The molecule has 0 aromatic rings. The standard InChI is InChI=1S/C11H17F7O3S/c12-9(13,11(17,18)22(19,20)21)7-5-3-1-2-4-6-8-10(14,15)16/h1-8H2,(H,19,20,21). The lowest BCUT2D eigenvalue weighted by atomic mass is 10.1.